The normalized spacial score (nSPS) is 16.2. The third-order valence-electron chi connectivity index (χ3n) is 6.50. The molecule has 1 aliphatic heterocycles. The molecule has 3 aromatic carbocycles. The van der Waals surface area contributed by atoms with Gasteiger partial charge in [0.15, 0.2) is 0 Å². The monoisotopic (exact) mass is 490 g/mol. The molecule has 1 aliphatic carbocycles. The maximum Gasteiger partial charge on any atom is 0.256 e. The summed E-state index contributed by atoms with van der Waals surface area (Å²) in [6, 6.07) is 18.7. The van der Waals surface area contributed by atoms with Gasteiger partial charge in [-0.1, -0.05) is 48.0 Å². The van der Waals surface area contributed by atoms with Crippen molar-refractivity contribution in [3.63, 3.8) is 0 Å². The quantitative estimate of drug-likeness (QED) is 0.541. The van der Waals surface area contributed by atoms with Crippen LogP contribution in [0.15, 0.2) is 60.7 Å². The summed E-state index contributed by atoms with van der Waals surface area (Å²) in [6.45, 7) is 2.39. The largest absolute Gasteiger partial charge is 0.336 e. The maximum atomic E-state index is 13.5. The summed E-state index contributed by atoms with van der Waals surface area (Å²) in [7, 11) is 0. The molecule has 35 heavy (non-hydrogen) atoms. The number of halogens is 1. The Morgan fingerprint density at radius 1 is 0.829 bits per heavy atom. The van der Waals surface area contributed by atoms with Crippen molar-refractivity contribution in [2.75, 3.05) is 43.4 Å². The minimum Gasteiger partial charge on any atom is -0.336 e. The van der Waals surface area contributed by atoms with Crippen LogP contribution < -0.4 is 10.6 Å². The predicted octanol–water partition coefficient (Wildman–Crippen LogP) is 4.24. The lowest BCUT2D eigenvalue weighted by Crippen LogP contribution is -2.50. The van der Waals surface area contributed by atoms with Gasteiger partial charge in [-0.15, -0.1) is 0 Å². The fourth-order valence-corrected chi connectivity index (χ4v) is 4.52. The molecule has 2 aliphatic rings. The lowest BCUT2D eigenvalue weighted by atomic mass is 10.0. The molecule has 8 heteroatoms. The van der Waals surface area contributed by atoms with Crippen molar-refractivity contribution in [1.82, 2.24) is 9.80 Å². The van der Waals surface area contributed by atoms with E-state index in [1.807, 2.05) is 53.4 Å². The van der Waals surface area contributed by atoms with E-state index in [9.17, 15) is 14.4 Å². The molecular formula is C27H27ClN4O3. The Hall–Kier alpha value is -3.42. The van der Waals surface area contributed by atoms with Crippen LogP contribution in [0.25, 0.3) is 10.8 Å². The first-order valence-corrected chi connectivity index (χ1v) is 12.3. The zero-order chi connectivity index (χ0) is 24.4. The van der Waals surface area contributed by atoms with Gasteiger partial charge < -0.3 is 15.5 Å². The molecule has 3 aromatic rings. The summed E-state index contributed by atoms with van der Waals surface area (Å²) in [4.78, 5) is 42.3. The average Bonchev–Trinajstić information content (AvgIpc) is 3.71. The van der Waals surface area contributed by atoms with Crippen LogP contribution in [0.4, 0.5) is 11.4 Å². The predicted molar refractivity (Wildman–Crippen MR) is 138 cm³/mol. The second kappa shape index (κ2) is 10.1. The molecule has 0 aromatic heterocycles. The second-order valence-electron chi connectivity index (χ2n) is 9.10. The number of fused-ring (bicyclic) bond motifs is 1. The number of nitrogens with one attached hydrogen (secondary N) is 2. The topological polar surface area (TPSA) is 81.8 Å². The van der Waals surface area contributed by atoms with Gasteiger partial charge >= 0.3 is 0 Å². The summed E-state index contributed by atoms with van der Waals surface area (Å²) in [5.41, 5.74) is 1.65. The lowest BCUT2D eigenvalue weighted by Gasteiger charge is -2.34. The minimum atomic E-state index is -0.141. The van der Waals surface area contributed by atoms with Gasteiger partial charge in [-0.05, 0) is 47.9 Å². The summed E-state index contributed by atoms with van der Waals surface area (Å²) in [5, 5.41) is 8.25. The number of hydrogen-bond acceptors (Lipinski definition) is 4. The zero-order valence-corrected chi connectivity index (χ0v) is 20.1. The van der Waals surface area contributed by atoms with Gasteiger partial charge in [0.05, 0.1) is 28.5 Å². The number of hydrogen-bond donors (Lipinski definition) is 2. The molecule has 180 valence electrons. The van der Waals surface area contributed by atoms with Gasteiger partial charge in [-0.25, -0.2) is 0 Å². The van der Waals surface area contributed by atoms with Gasteiger partial charge in [0.25, 0.3) is 5.91 Å². The molecule has 2 N–H and O–H groups in total. The van der Waals surface area contributed by atoms with Crippen LogP contribution in [0.5, 0.6) is 0 Å². The summed E-state index contributed by atoms with van der Waals surface area (Å²) in [6.07, 6.45) is 1.80. The third kappa shape index (κ3) is 5.47. The Balaban J connectivity index is 1.24. The smallest absolute Gasteiger partial charge is 0.256 e. The molecule has 7 nitrogen and oxygen atoms in total. The highest BCUT2D eigenvalue weighted by Gasteiger charge is 2.31. The van der Waals surface area contributed by atoms with E-state index in [0.29, 0.717) is 48.1 Å². The van der Waals surface area contributed by atoms with Crippen LogP contribution in [0, 0.1) is 5.92 Å². The third-order valence-corrected chi connectivity index (χ3v) is 6.83. The SMILES string of the molecule is O=C(CN1CCN(C(=O)c2cc3ccccc3cc2NC(=O)C2CC2)CC1)Nc1ccccc1Cl. The summed E-state index contributed by atoms with van der Waals surface area (Å²) < 4.78 is 0. The first kappa shape index (κ1) is 23.3. The Kier molecular flexibility index (Phi) is 6.70. The number of rotatable bonds is 6. The number of piperazine rings is 1. The van der Waals surface area contributed by atoms with E-state index in [-0.39, 0.29) is 30.2 Å². The summed E-state index contributed by atoms with van der Waals surface area (Å²) in [5.74, 6) is -0.229. The molecule has 0 atom stereocenters. The van der Waals surface area contributed by atoms with E-state index in [0.717, 1.165) is 23.6 Å². The Labute approximate surface area is 209 Å². The fraction of sp³-hybridized carbons (Fsp3) is 0.296. The Morgan fingerprint density at radius 3 is 2.17 bits per heavy atom. The van der Waals surface area contributed by atoms with Crippen molar-refractivity contribution in [2.24, 2.45) is 5.92 Å². The maximum absolute atomic E-state index is 13.5. The van der Waals surface area contributed by atoms with Crippen LogP contribution in [0.1, 0.15) is 23.2 Å². The number of para-hydroxylation sites is 1. The van der Waals surface area contributed by atoms with Gasteiger partial charge in [0.2, 0.25) is 11.8 Å². The molecule has 2 fully saturated rings. The number of nitrogens with zero attached hydrogens (tertiary/aromatic N) is 2. The van der Waals surface area contributed by atoms with Crippen molar-refractivity contribution in [2.45, 2.75) is 12.8 Å². The zero-order valence-electron chi connectivity index (χ0n) is 19.3. The lowest BCUT2D eigenvalue weighted by molar-refractivity contribution is -0.118. The highest BCUT2D eigenvalue weighted by molar-refractivity contribution is 6.33. The number of carbonyl (C=O) groups is 3. The molecule has 3 amide bonds. The molecule has 0 unspecified atom stereocenters. The summed E-state index contributed by atoms with van der Waals surface area (Å²) >= 11 is 6.13. The van der Waals surface area contributed by atoms with Crippen molar-refractivity contribution in [3.8, 4) is 0 Å². The van der Waals surface area contributed by atoms with Gasteiger partial charge in [0.1, 0.15) is 0 Å². The molecule has 0 radical (unpaired) electrons. The number of carbonyl (C=O) groups excluding carboxylic acids is 3. The van der Waals surface area contributed by atoms with Crippen LogP contribution in [0.2, 0.25) is 5.02 Å². The first-order chi connectivity index (χ1) is 17.0. The average molecular weight is 491 g/mol. The standard InChI is InChI=1S/C27H27ClN4O3/c28-22-7-3-4-8-23(22)29-25(33)17-31-11-13-32(14-12-31)27(35)21-15-19-5-1-2-6-20(19)16-24(21)30-26(34)18-9-10-18/h1-8,15-16,18H,9-14,17H2,(H,29,33)(H,30,34). The minimum absolute atomic E-state index is 0.0244. The van der Waals surface area contributed by atoms with Crippen LogP contribution in [-0.2, 0) is 9.59 Å². The highest BCUT2D eigenvalue weighted by atomic mass is 35.5. The fourth-order valence-electron chi connectivity index (χ4n) is 4.34. The molecule has 5 rings (SSSR count). The number of amides is 3. The van der Waals surface area contributed by atoms with E-state index < -0.39 is 0 Å². The van der Waals surface area contributed by atoms with E-state index in [2.05, 4.69) is 10.6 Å². The number of anilines is 2. The van der Waals surface area contributed by atoms with Crippen molar-refractivity contribution in [3.05, 3.63) is 71.2 Å². The highest BCUT2D eigenvalue weighted by Crippen LogP contribution is 2.32. The van der Waals surface area contributed by atoms with E-state index >= 15 is 0 Å². The molecule has 0 bridgehead atoms. The van der Waals surface area contributed by atoms with Gasteiger partial charge in [-0.2, -0.15) is 0 Å². The van der Waals surface area contributed by atoms with Crippen LogP contribution in [-0.4, -0.2) is 60.2 Å². The Bertz CT molecular complexity index is 1280. The first-order valence-electron chi connectivity index (χ1n) is 11.9. The van der Waals surface area contributed by atoms with Crippen molar-refractivity contribution < 1.29 is 14.4 Å². The van der Waals surface area contributed by atoms with Crippen molar-refractivity contribution >= 4 is 51.5 Å². The van der Waals surface area contributed by atoms with E-state index in [1.165, 1.54) is 0 Å². The molecule has 1 saturated carbocycles. The van der Waals surface area contributed by atoms with Crippen molar-refractivity contribution in [1.29, 1.82) is 0 Å². The van der Waals surface area contributed by atoms with E-state index in [1.54, 1.807) is 17.0 Å². The Morgan fingerprint density at radius 2 is 1.49 bits per heavy atom. The molecular weight excluding hydrogens is 464 g/mol. The molecule has 0 spiro atoms. The second-order valence-corrected chi connectivity index (χ2v) is 9.51. The van der Waals surface area contributed by atoms with Gasteiger partial charge in [0, 0.05) is 32.1 Å². The molecule has 1 heterocycles. The molecule has 1 saturated heterocycles. The van der Waals surface area contributed by atoms with Crippen LogP contribution >= 0.6 is 11.6 Å². The van der Waals surface area contributed by atoms with Crippen LogP contribution in [0.3, 0.4) is 0 Å². The number of benzene rings is 3. The van der Waals surface area contributed by atoms with Gasteiger partial charge in [-0.3, -0.25) is 19.3 Å². The van der Waals surface area contributed by atoms with E-state index in [4.69, 9.17) is 11.6 Å².